The molecule has 206 valence electrons. The molecule has 0 atom stereocenters. The van der Waals surface area contributed by atoms with E-state index >= 15 is 0 Å². The molecule has 6 nitrogen and oxygen atoms in total. The lowest BCUT2D eigenvalue weighted by Crippen LogP contribution is -2.54. The molecule has 1 N–H and O–H groups in total. The molecule has 0 bridgehead atoms. The summed E-state index contributed by atoms with van der Waals surface area (Å²) in [6.45, 7) is 15.2. The topological polar surface area (TPSA) is 52.3 Å². The number of carbonyl (C=O) groups excluding carboxylic acids is 1. The second-order valence-electron chi connectivity index (χ2n) is 12.5. The molecule has 3 fully saturated rings. The minimum Gasteiger partial charge on any atom is -0.361 e. The second kappa shape index (κ2) is 11.0. The van der Waals surface area contributed by atoms with Crippen LogP contribution in [0.1, 0.15) is 95.1 Å². The van der Waals surface area contributed by atoms with Crippen molar-refractivity contribution in [3.63, 3.8) is 0 Å². The molecule has 1 aromatic carbocycles. The molecule has 5 aliphatic rings. The summed E-state index contributed by atoms with van der Waals surface area (Å²) in [5.41, 5.74) is 5.95. The number of benzene rings is 1. The third-order valence-corrected chi connectivity index (χ3v) is 10.5. The predicted octanol–water partition coefficient (Wildman–Crippen LogP) is 6.76. The molecule has 1 aromatic rings. The zero-order valence-corrected chi connectivity index (χ0v) is 23.6. The second-order valence-corrected chi connectivity index (χ2v) is 12.5. The lowest BCUT2D eigenvalue weighted by atomic mass is 9.72. The fourth-order valence-corrected chi connectivity index (χ4v) is 8.04. The van der Waals surface area contributed by atoms with Gasteiger partial charge in [0, 0.05) is 49.4 Å². The quantitative estimate of drug-likeness (QED) is 0.417. The van der Waals surface area contributed by atoms with E-state index in [-0.39, 0.29) is 11.4 Å². The summed E-state index contributed by atoms with van der Waals surface area (Å²) in [7, 11) is 0. The average Bonchev–Trinajstić information content (AvgIpc) is 3.76. The van der Waals surface area contributed by atoms with E-state index < -0.39 is 0 Å². The Morgan fingerprint density at radius 2 is 1.77 bits per heavy atom. The standard InChI is InChI=1S/C33H43N5O/c1-3-37-20-22-38(23-21-37)33(16-6-7-17-33)26-8-9-28(36-31(39)29-10-11-30(34-2)35-29)27(24-26)25-12-18-32(19-13-25)14-4-5-15-32/h8-9,11-12,24H,3-7,10,13-23H2,1H3,(H,36,39). The van der Waals surface area contributed by atoms with E-state index in [1.807, 2.05) is 0 Å². The highest BCUT2D eigenvalue weighted by atomic mass is 16.1. The number of hydrogen-bond acceptors (Lipinski definition) is 4. The number of allylic oxidation sites excluding steroid dienone is 3. The number of anilines is 1. The first kappa shape index (κ1) is 26.5. The first-order chi connectivity index (χ1) is 19.0. The molecule has 2 heterocycles. The highest BCUT2D eigenvalue weighted by molar-refractivity contribution is 6.44. The van der Waals surface area contributed by atoms with Gasteiger partial charge in [-0.3, -0.25) is 9.69 Å². The molecule has 6 heteroatoms. The number of aliphatic imine (C=N–C) groups is 1. The van der Waals surface area contributed by atoms with Gasteiger partial charge in [0.05, 0.1) is 0 Å². The van der Waals surface area contributed by atoms with Gasteiger partial charge in [0.2, 0.25) is 0 Å². The van der Waals surface area contributed by atoms with E-state index in [1.54, 1.807) is 6.08 Å². The van der Waals surface area contributed by atoms with Crippen LogP contribution in [-0.2, 0) is 10.3 Å². The van der Waals surface area contributed by atoms with Crippen LogP contribution in [0.3, 0.4) is 0 Å². The summed E-state index contributed by atoms with van der Waals surface area (Å²) in [5.74, 6) is 0.132. The smallest absolute Gasteiger partial charge is 0.293 e. The number of carbonyl (C=O) groups is 1. The molecule has 1 saturated heterocycles. The van der Waals surface area contributed by atoms with Gasteiger partial charge in [-0.2, -0.15) is 0 Å². The van der Waals surface area contributed by atoms with Gasteiger partial charge < -0.3 is 15.1 Å². The zero-order valence-electron chi connectivity index (χ0n) is 23.6. The van der Waals surface area contributed by atoms with Gasteiger partial charge in [-0.1, -0.05) is 57.4 Å². The molecule has 3 aliphatic carbocycles. The SMILES string of the molecule is [C-]#[N+]C1=CCC(C(=O)Nc2ccc(C3(N4CCN(CC)CC4)CCCC3)cc2C2=CCC3(CCCC3)CC2)=N1. The highest BCUT2D eigenvalue weighted by Gasteiger charge is 2.43. The number of likely N-dealkylation sites (N-methyl/N-ethyl adjacent to an activating group) is 1. The van der Waals surface area contributed by atoms with Gasteiger partial charge >= 0.3 is 0 Å². The minimum absolute atomic E-state index is 0.100. The number of piperazine rings is 1. The third kappa shape index (κ3) is 5.12. The summed E-state index contributed by atoms with van der Waals surface area (Å²) in [6, 6.07) is 6.88. The normalized spacial score (nSPS) is 24.8. The first-order valence-electron chi connectivity index (χ1n) is 15.3. The molecule has 0 aromatic heterocycles. The molecule has 0 radical (unpaired) electrons. The van der Waals surface area contributed by atoms with Crippen molar-refractivity contribution in [3.8, 4) is 0 Å². The largest absolute Gasteiger partial charge is 0.361 e. The van der Waals surface area contributed by atoms with E-state index in [9.17, 15) is 4.79 Å². The van der Waals surface area contributed by atoms with Gasteiger partial charge in [-0.05, 0) is 80.2 Å². The van der Waals surface area contributed by atoms with Gasteiger partial charge in [0.25, 0.3) is 11.7 Å². The van der Waals surface area contributed by atoms with Crippen molar-refractivity contribution in [1.29, 1.82) is 0 Å². The number of nitrogens with zero attached hydrogens (tertiary/aromatic N) is 4. The molecule has 2 saturated carbocycles. The van der Waals surface area contributed by atoms with Gasteiger partial charge in [-0.15, -0.1) is 4.99 Å². The zero-order chi connectivity index (χ0) is 26.9. The van der Waals surface area contributed by atoms with Gasteiger partial charge in [0.1, 0.15) is 0 Å². The lowest BCUT2D eigenvalue weighted by molar-refractivity contribution is -0.110. The summed E-state index contributed by atoms with van der Waals surface area (Å²) in [6.07, 6.45) is 18.6. The van der Waals surface area contributed by atoms with E-state index in [0.29, 0.717) is 23.4 Å². The van der Waals surface area contributed by atoms with Gasteiger partial charge in [0.15, 0.2) is 5.71 Å². The number of hydrogen-bond donors (Lipinski definition) is 1. The van der Waals surface area contributed by atoms with Crippen LogP contribution in [0.4, 0.5) is 5.69 Å². The number of amides is 1. The molecule has 1 spiro atoms. The number of nitrogens with one attached hydrogen (secondary N) is 1. The van der Waals surface area contributed by atoms with Crippen LogP contribution in [-0.4, -0.2) is 54.1 Å². The summed E-state index contributed by atoms with van der Waals surface area (Å²) < 4.78 is 0. The van der Waals surface area contributed by atoms with Crippen LogP contribution in [0.2, 0.25) is 0 Å². The Morgan fingerprint density at radius 3 is 2.41 bits per heavy atom. The van der Waals surface area contributed by atoms with Crippen molar-refractivity contribution < 1.29 is 4.79 Å². The fraction of sp³-hybridized carbons (Fsp3) is 0.606. The van der Waals surface area contributed by atoms with E-state index in [4.69, 9.17) is 6.57 Å². The Kier molecular flexibility index (Phi) is 7.48. The molecule has 1 amide bonds. The maximum absolute atomic E-state index is 13.2. The van der Waals surface area contributed by atoms with Gasteiger partial charge in [-0.25, -0.2) is 0 Å². The van der Waals surface area contributed by atoms with E-state index in [1.165, 1.54) is 74.5 Å². The maximum atomic E-state index is 13.2. The molecular formula is C33H43N5O. The Labute approximate surface area is 234 Å². The Balaban J connectivity index is 1.33. The molecule has 6 rings (SSSR count). The summed E-state index contributed by atoms with van der Waals surface area (Å²) in [5, 5.41) is 3.21. The van der Waals surface area contributed by atoms with Crippen LogP contribution in [0.25, 0.3) is 10.4 Å². The van der Waals surface area contributed by atoms with E-state index in [0.717, 1.165) is 51.3 Å². The molecule has 0 unspecified atom stereocenters. The van der Waals surface area contributed by atoms with Crippen LogP contribution in [0.15, 0.2) is 41.2 Å². The van der Waals surface area contributed by atoms with Crippen LogP contribution in [0.5, 0.6) is 0 Å². The van der Waals surface area contributed by atoms with Crippen LogP contribution >= 0.6 is 0 Å². The van der Waals surface area contributed by atoms with Crippen molar-refractivity contribution in [2.24, 2.45) is 10.4 Å². The fourth-order valence-electron chi connectivity index (χ4n) is 8.04. The summed E-state index contributed by atoms with van der Waals surface area (Å²) >= 11 is 0. The van der Waals surface area contributed by atoms with Crippen LogP contribution in [0, 0.1) is 12.0 Å². The van der Waals surface area contributed by atoms with Crippen molar-refractivity contribution in [3.05, 3.63) is 58.7 Å². The Bertz CT molecular complexity index is 1230. The predicted molar refractivity (Wildman–Crippen MR) is 158 cm³/mol. The molecular weight excluding hydrogens is 482 g/mol. The maximum Gasteiger partial charge on any atom is 0.293 e. The molecule has 39 heavy (non-hydrogen) atoms. The number of rotatable bonds is 6. The minimum atomic E-state index is -0.186. The lowest BCUT2D eigenvalue weighted by Gasteiger charge is -2.46. The highest BCUT2D eigenvalue weighted by Crippen LogP contribution is 2.51. The Morgan fingerprint density at radius 1 is 1.03 bits per heavy atom. The average molecular weight is 526 g/mol. The third-order valence-electron chi connectivity index (χ3n) is 10.5. The van der Waals surface area contributed by atoms with Crippen molar-refractivity contribution in [2.45, 2.75) is 89.5 Å². The van der Waals surface area contributed by atoms with Crippen molar-refractivity contribution in [1.82, 2.24) is 9.80 Å². The van der Waals surface area contributed by atoms with Crippen molar-refractivity contribution in [2.75, 3.05) is 38.0 Å². The Hall–Kier alpha value is -2.75. The van der Waals surface area contributed by atoms with Crippen LogP contribution < -0.4 is 5.32 Å². The monoisotopic (exact) mass is 525 g/mol. The van der Waals surface area contributed by atoms with Crippen molar-refractivity contribution >= 4 is 22.9 Å². The molecule has 2 aliphatic heterocycles. The first-order valence-corrected chi connectivity index (χ1v) is 15.3. The summed E-state index contributed by atoms with van der Waals surface area (Å²) in [4.78, 5) is 26.2. The van der Waals surface area contributed by atoms with E-state index in [2.05, 4.69) is 56.2 Å².